The third-order valence-electron chi connectivity index (χ3n) is 4.90. The van der Waals surface area contributed by atoms with E-state index in [2.05, 4.69) is 29.6 Å². The molecule has 1 aromatic rings. The number of rotatable bonds is 4. The lowest BCUT2D eigenvalue weighted by Crippen LogP contribution is -2.35. The first-order valence-corrected chi connectivity index (χ1v) is 8.33. The van der Waals surface area contributed by atoms with Crippen LogP contribution in [0, 0.1) is 0 Å². The minimum absolute atomic E-state index is 0.0822. The molecule has 0 aromatic heterocycles. The van der Waals surface area contributed by atoms with Crippen LogP contribution in [0.25, 0.3) is 0 Å². The summed E-state index contributed by atoms with van der Waals surface area (Å²) in [4.78, 5) is 12.2. The van der Waals surface area contributed by atoms with Crippen molar-refractivity contribution in [3.8, 4) is 0 Å². The molecule has 1 aromatic carbocycles. The standard InChI is InChI=1S/C18H26N2O/c19-18(11-12-18)15-9-7-14(8-10-15)13-17(21)20-16-5-3-1-2-4-6-16/h7-10,16H,1-6,11-13,19H2,(H,20,21). The van der Waals surface area contributed by atoms with E-state index in [0.717, 1.165) is 31.2 Å². The second kappa shape index (κ2) is 6.18. The van der Waals surface area contributed by atoms with Gasteiger partial charge in [0, 0.05) is 11.6 Å². The highest BCUT2D eigenvalue weighted by Gasteiger charge is 2.39. The van der Waals surface area contributed by atoms with E-state index < -0.39 is 0 Å². The largest absolute Gasteiger partial charge is 0.353 e. The van der Waals surface area contributed by atoms with Crippen molar-refractivity contribution in [1.82, 2.24) is 5.32 Å². The molecule has 0 heterocycles. The molecule has 1 amide bonds. The van der Waals surface area contributed by atoms with Crippen molar-refractivity contribution in [3.05, 3.63) is 35.4 Å². The molecule has 0 aliphatic heterocycles. The van der Waals surface area contributed by atoms with Gasteiger partial charge in [-0.15, -0.1) is 0 Å². The topological polar surface area (TPSA) is 55.1 Å². The van der Waals surface area contributed by atoms with Crippen LogP contribution in [0.4, 0.5) is 0 Å². The van der Waals surface area contributed by atoms with E-state index in [1.54, 1.807) is 0 Å². The predicted octanol–water partition coefficient (Wildman–Crippen LogP) is 3.02. The van der Waals surface area contributed by atoms with Gasteiger partial charge in [0.05, 0.1) is 6.42 Å². The summed E-state index contributed by atoms with van der Waals surface area (Å²) in [6.45, 7) is 0. The molecule has 0 saturated heterocycles. The SMILES string of the molecule is NC1(c2ccc(CC(=O)NC3CCCCCC3)cc2)CC1. The summed E-state index contributed by atoms with van der Waals surface area (Å²) in [5.74, 6) is 0.156. The van der Waals surface area contributed by atoms with Crippen LogP contribution in [0.1, 0.15) is 62.5 Å². The Morgan fingerprint density at radius 3 is 2.29 bits per heavy atom. The van der Waals surface area contributed by atoms with E-state index >= 15 is 0 Å². The van der Waals surface area contributed by atoms with Crippen LogP contribution in [-0.4, -0.2) is 11.9 Å². The van der Waals surface area contributed by atoms with Crippen LogP contribution in [-0.2, 0) is 16.8 Å². The fraction of sp³-hybridized carbons (Fsp3) is 0.611. The molecule has 3 N–H and O–H groups in total. The average Bonchev–Trinajstić information content (AvgIpc) is 3.25. The Morgan fingerprint density at radius 2 is 1.71 bits per heavy atom. The van der Waals surface area contributed by atoms with Gasteiger partial charge >= 0.3 is 0 Å². The molecule has 3 heteroatoms. The van der Waals surface area contributed by atoms with Gasteiger partial charge < -0.3 is 11.1 Å². The van der Waals surface area contributed by atoms with Gasteiger partial charge in [-0.2, -0.15) is 0 Å². The predicted molar refractivity (Wildman–Crippen MR) is 84.9 cm³/mol. The van der Waals surface area contributed by atoms with Gasteiger partial charge in [-0.3, -0.25) is 4.79 Å². The van der Waals surface area contributed by atoms with Crippen LogP contribution in [0.5, 0.6) is 0 Å². The van der Waals surface area contributed by atoms with Crippen LogP contribution in [0.2, 0.25) is 0 Å². The molecular formula is C18H26N2O. The summed E-state index contributed by atoms with van der Waals surface area (Å²) in [6.07, 6.45) is 10.0. The van der Waals surface area contributed by atoms with Gasteiger partial charge in [0.15, 0.2) is 0 Å². The first-order valence-electron chi connectivity index (χ1n) is 8.33. The number of hydrogen-bond acceptors (Lipinski definition) is 2. The summed E-state index contributed by atoms with van der Waals surface area (Å²) in [5.41, 5.74) is 8.38. The van der Waals surface area contributed by atoms with Crippen molar-refractivity contribution >= 4 is 5.91 Å². The van der Waals surface area contributed by atoms with Crippen molar-refractivity contribution in [2.24, 2.45) is 5.73 Å². The quantitative estimate of drug-likeness (QED) is 0.836. The van der Waals surface area contributed by atoms with Gasteiger partial charge in [-0.05, 0) is 36.8 Å². The van der Waals surface area contributed by atoms with Crippen molar-refractivity contribution in [2.75, 3.05) is 0 Å². The first kappa shape index (κ1) is 14.6. The Kier molecular flexibility index (Phi) is 4.29. The Hall–Kier alpha value is -1.35. The molecule has 2 aliphatic rings. The van der Waals surface area contributed by atoms with Crippen LogP contribution < -0.4 is 11.1 Å². The molecular weight excluding hydrogens is 260 g/mol. The molecule has 0 radical (unpaired) electrons. The first-order chi connectivity index (χ1) is 10.2. The lowest BCUT2D eigenvalue weighted by Gasteiger charge is -2.16. The van der Waals surface area contributed by atoms with E-state index in [1.165, 1.54) is 31.2 Å². The Morgan fingerprint density at radius 1 is 1.10 bits per heavy atom. The third kappa shape index (κ3) is 3.85. The number of benzene rings is 1. The minimum atomic E-state index is -0.0822. The Bertz CT molecular complexity index is 482. The maximum Gasteiger partial charge on any atom is 0.224 e. The Balaban J connectivity index is 1.52. The highest BCUT2D eigenvalue weighted by atomic mass is 16.1. The number of nitrogens with two attached hydrogens (primary N) is 1. The van der Waals surface area contributed by atoms with Gasteiger partial charge in [0.25, 0.3) is 0 Å². The van der Waals surface area contributed by atoms with E-state index in [1.807, 2.05) is 0 Å². The van der Waals surface area contributed by atoms with Gasteiger partial charge in [0.2, 0.25) is 5.91 Å². The van der Waals surface area contributed by atoms with E-state index in [-0.39, 0.29) is 11.4 Å². The van der Waals surface area contributed by atoms with Gasteiger partial charge in [0.1, 0.15) is 0 Å². The maximum absolute atomic E-state index is 12.2. The highest BCUT2D eigenvalue weighted by Crippen LogP contribution is 2.42. The normalized spacial score (nSPS) is 21.6. The maximum atomic E-state index is 12.2. The molecule has 3 rings (SSSR count). The monoisotopic (exact) mass is 286 g/mol. The molecule has 114 valence electrons. The van der Waals surface area contributed by atoms with Crippen LogP contribution in [0.15, 0.2) is 24.3 Å². The molecule has 3 nitrogen and oxygen atoms in total. The molecule has 2 aliphatic carbocycles. The molecule has 0 spiro atoms. The number of carbonyl (C=O) groups excluding carboxylic acids is 1. The van der Waals surface area contributed by atoms with Gasteiger partial charge in [-0.1, -0.05) is 49.9 Å². The summed E-state index contributed by atoms with van der Waals surface area (Å²) in [7, 11) is 0. The molecule has 2 saturated carbocycles. The Labute approximate surface area is 127 Å². The molecule has 0 bridgehead atoms. The summed E-state index contributed by atoms with van der Waals surface area (Å²) < 4.78 is 0. The summed E-state index contributed by atoms with van der Waals surface area (Å²) >= 11 is 0. The van der Waals surface area contributed by atoms with Crippen LogP contribution in [0.3, 0.4) is 0 Å². The van der Waals surface area contributed by atoms with Gasteiger partial charge in [-0.25, -0.2) is 0 Å². The lowest BCUT2D eigenvalue weighted by atomic mass is 10.0. The zero-order valence-corrected chi connectivity index (χ0v) is 12.7. The minimum Gasteiger partial charge on any atom is -0.353 e. The van der Waals surface area contributed by atoms with Crippen molar-refractivity contribution in [2.45, 2.75) is 69.4 Å². The number of amides is 1. The lowest BCUT2D eigenvalue weighted by molar-refractivity contribution is -0.121. The van der Waals surface area contributed by atoms with Crippen molar-refractivity contribution in [3.63, 3.8) is 0 Å². The number of nitrogens with one attached hydrogen (secondary N) is 1. The molecule has 21 heavy (non-hydrogen) atoms. The summed E-state index contributed by atoms with van der Waals surface area (Å²) in [5, 5.41) is 3.20. The molecule has 0 atom stereocenters. The second-order valence-corrected chi connectivity index (χ2v) is 6.79. The number of carbonyl (C=O) groups is 1. The summed E-state index contributed by atoms with van der Waals surface area (Å²) in [6, 6.07) is 8.66. The smallest absolute Gasteiger partial charge is 0.224 e. The molecule has 2 fully saturated rings. The van der Waals surface area contributed by atoms with E-state index in [9.17, 15) is 4.79 Å². The fourth-order valence-corrected chi connectivity index (χ4v) is 3.27. The van der Waals surface area contributed by atoms with E-state index in [0.29, 0.717) is 12.5 Å². The van der Waals surface area contributed by atoms with Crippen molar-refractivity contribution < 1.29 is 4.79 Å². The molecule has 0 unspecified atom stereocenters. The average molecular weight is 286 g/mol. The number of hydrogen-bond donors (Lipinski definition) is 2. The van der Waals surface area contributed by atoms with Crippen LogP contribution >= 0.6 is 0 Å². The van der Waals surface area contributed by atoms with Crippen molar-refractivity contribution in [1.29, 1.82) is 0 Å². The third-order valence-corrected chi connectivity index (χ3v) is 4.90. The zero-order valence-electron chi connectivity index (χ0n) is 12.7. The second-order valence-electron chi connectivity index (χ2n) is 6.79. The zero-order chi connectivity index (χ0) is 14.7. The fourth-order valence-electron chi connectivity index (χ4n) is 3.27. The highest BCUT2D eigenvalue weighted by molar-refractivity contribution is 5.78. The van der Waals surface area contributed by atoms with E-state index in [4.69, 9.17) is 5.73 Å².